The second-order valence-corrected chi connectivity index (χ2v) is 2.79. The quantitative estimate of drug-likeness (QED) is 0.602. The Hall–Kier alpha value is -1.60. The fraction of sp³-hybridized carbons (Fsp3) is 0.111. The molecule has 5 heteroatoms. The van der Waals surface area contributed by atoms with Gasteiger partial charge in [0.25, 0.3) is 0 Å². The highest BCUT2D eigenvalue weighted by molar-refractivity contribution is 6.30. The molecule has 0 aromatic heterocycles. The summed E-state index contributed by atoms with van der Waals surface area (Å²) in [4.78, 5) is 11.1. The molecule has 0 spiro atoms. The molecule has 0 radical (unpaired) electrons. The van der Waals surface area contributed by atoms with E-state index in [1.807, 2.05) is 0 Å². The van der Waals surface area contributed by atoms with Crippen molar-refractivity contribution in [2.24, 2.45) is 0 Å². The molecule has 0 amide bonds. The van der Waals surface area contributed by atoms with Gasteiger partial charge < -0.3 is 5.11 Å². The van der Waals surface area contributed by atoms with Crippen molar-refractivity contribution in [1.82, 2.24) is 0 Å². The van der Waals surface area contributed by atoms with E-state index in [-0.39, 0.29) is 17.0 Å². The number of nitrogens with zero attached hydrogens (tertiary/aromatic N) is 1. The summed E-state index contributed by atoms with van der Waals surface area (Å²) in [6.07, 6.45) is 0. The second kappa shape index (κ2) is 4.07. The van der Waals surface area contributed by atoms with Gasteiger partial charge in [-0.05, 0) is 12.1 Å². The van der Waals surface area contributed by atoms with E-state index < -0.39 is 17.3 Å². The van der Waals surface area contributed by atoms with Crippen LogP contribution in [0.2, 0.25) is 0 Å². The molecule has 14 heavy (non-hydrogen) atoms. The van der Waals surface area contributed by atoms with E-state index >= 15 is 0 Å². The Morgan fingerprint density at radius 2 is 2.29 bits per heavy atom. The van der Waals surface area contributed by atoms with Gasteiger partial charge in [-0.3, -0.25) is 4.79 Å². The van der Waals surface area contributed by atoms with Crippen LogP contribution in [-0.2, 0) is 0 Å². The predicted molar refractivity (Wildman–Crippen MR) is 47.8 cm³/mol. The van der Waals surface area contributed by atoms with Crippen LogP contribution in [0.25, 0.3) is 0 Å². The average Bonchev–Trinajstić information content (AvgIpc) is 2.19. The van der Waals surface area contributed by atoms with Crippen LogP contribution in [0.15, 0.2) is 12.1 Å². The topological polar surface area (TPSA) is 61.1 Å². The minimum Gasteiger partial charge on any atom is -0.506 e. The third kappa shape index (κ3) is 1.83. The number of alkyl halides is 1. The highest BCUT2D eigenvalue weighted by atomic mass is 35.5. The summed E-state index contributed by atoms with van der Waals surface area (Å²) in [5.41, 5.74) is -0.546. The summed E-state index contributed by atoms with van der Waals surface area (Å²) in [6.45, 7) is 0. The van der Waals surface area contributed by atoms with E-state index in [1.54, 1.807) is 6.07 Å². The van der Waals surface area contributed by atoms with Crippen LogP contribution in [0, 0.1) is 17.1 Å². The molecule has 1 aromatic rings. The summed E-state index contributed by atoms with van der Waals surface area (Å²) < 4.78 is 12.8. The van der Waals surface area contributed by atoms with Gasteiger partial charge >= 0.3 is 0 Å². The third-order valence-corrected chi connectivity index (χ3v) is 1.86. The molecule has 0 saturated heterocycles. The van der Waals surface area contributed by atoms with Crippen molar-refractivity contribution in [3.8, 4) is 11.8 Å². The van der Waals surface area contributed by atoms with Crippen LogP contribution in [0.4, 0.5) is 4.39 Å². The number of hydrogen-bond acceptors (Lipinski definition) is 3. The first-order valence-electron chi connectivity index (χ1n) is 3.62. The molecule has 0 heterocycles. The number of phenols is 1. The number of ketones is 1. The number of phenolic OH excluding ortho intramolecular Hbond substituents is 1. The Morgan fingerprint density at radius 3 is 2.79 bits per heavy atom. The molecule has 0 aliphatic heterocycles. The average molecular weight is 214 g/mol. The maximum Gasteiger partial charge on any atom is 0.181 e. The molecule has 0 unspecified atom stereocenters. The lowest BCUT2D eigenvalue weighted by Gasteiger charge is -2.03. The van der Waals surface area contributed by atoms with E-state index in [2.05, 4.69) is 0 Å². The normalized spacial score (nSPS) is 9.50. The van der Waals surface area contributed by atoms with Crippen molar-refractivity contribution in [2.75, 3.05) is 5.88 Å². The van der Waals surface area contributed by atoms with E-state index in [9.17, 15) is 14.3 Å². The smallest absolute Gasteiger partial charge is 0.181 e. The zero-order chi connectivity index (χ0) is 10.7. The number of aromatic hydroxyl groups is 1. The maximum atomic E-state index is 12.8. The zero-order valence-electron chi connectivity index (χ0n) is 6.92. The molecular formula is C9H5ClFNO2. The number of Topliss-reactive ketones (excluding diaryl/α,β-unsaturated/α-hetero) is 1. The minimum atomic E-state index is -0.757. The summed E-state index contributed by atoms with van der Waals surface area (Å²) in [5, 5.41) is 17.8. The number of nitriles is 1. The van der Waals surface area contributed by atoms with Gasteiger partial charge in [0.05, 0.1) is 17.0 Å². The Kier molecular flexibility index (Phi) is 3.05. The molecule has 0 aliphatic rings. The van der Waals surface area contributed by atoms with Gasteiger partial charge in [0.1, 0.15) is 17.6 Å². The highest BCUT2D eigenvalue weighted by Gasteiger charge is 2.15. The second-order valence-electron chi connectivity index (χ2n) is 2.52. The summed E-state index contributed by atoms with van der Waals surface area (Å²) in [5.74, 6) is -2.28. The molecule has 0 bridgehead atoms. The summed E-state index contributed by atoms with van der Waals surface area (Å²) >= 11 is 5.24. The van der Waals surface area contributed by atoms with Crippen LogP contribution in [0.1, 0.15) is 15.9 Å². The first kappa shape index (κ1) is 10.5. The van der Waals surface area contributed by atoms with E-state index in [4.69, 9.17) is 16.9 Å². The zero-order valence-corrected chi connectivity index (χ0v) is 7.68. The van der Waals surface area contributed by atoms with E-state index in [1.165, 1.54) is 0 Å². The molecule has 3 nitrogen and oxygen atoms in total. The number of benzene rings is 1. The van der Waals surface area contributed by atoms with Crippen LogP contribution >= 0.6 is 11.6 Å². The van der Waals surface area contributed by atoms with E-state index in [0.717, 1.165) is 12.1 Å². The SMILES string of the molecule is N#Cc1cc(F)cc(C(=O)CCl)c1O. The molecule has 0 aliphatic carbocycles. The molecule has 0 atom stereocenters. The van der Waals surface area contributed by atoms with Gasteiger partial charge in [0.15, 0.2) is 5.78 Å². The van der Waals surface area contributed by atoms with Crippen LogP contribution in [-0.4, -0.2) is 16.8 Å². The van der Waals surface area contributed by atoms with E-state index in [0.29, 0.717) is 0 Å². The molecule has 1 rings (SSSR count). The number of halogens is 2. The fourth-order valence-corrected chi connectivity index (χ4v) is 1.11. The number of carbonyl (C=O) groups is 1. The molecule has 72 valence electrons. The predicted octanol–water partition coefficient (Wildman–Crippen LogP) is 1.82. The maximum absolute atomic E-state index is 12.8. The lowest BCUT2D eigenvalue weighted by molar-refractivity contribution is 0.101. The van der Waals surface area contributed by atoms with Crippen molar-refractivity contribution in [2.45, 2.75) is 0 Å². The lowest BCUT2D eigenvalue weighted by atomic mass is 10.1. The van der Waals surface area contributed by atoms with Crippen molar-refractivity contribution in [3.63, 3.8) is 0 Å². The molecule has 0 saturated carbocycles. The summed E-state index contributed by atoms with van der Waals surface area (Å²) in [7, 11) is 0. The van der Waals surface area contributed by atoms with Crippen LogP contribution in [0.3, 0.4) is 0 Å². The van der Waals surface area contributed by atoms with Crippen LogP contribution in [0.5, 0.6) is 5.75 Å². The van der Waals surface area contributed by atoms with Gasteiger partial charge in [0.2, 0.25) is 0 Å². The van der Waals surface area contributed by atoms with Crippen molar-refractivity contribution < 1.29 is 14.3 Å². The van der Waals surface area contributed by atoms with Gasteiger partial charge in [-0.1, -0.05) is 0 Å². The number of rotatable bonds is 2. The van der Waals surface area contributed by atoms with Crippen molar-refractivity contribution in [1.29, 1.82) is 5.26 Å². The summed E-state index contributed by atoms with van der Waals surface area (Å²) in [6, 6.07) is 3.27. The van der Waals surface area contributed by atoms with Crippen molar-refractivity contribution in [3.05, 3.63) is 29.1 Å². The van der Waals surface area contributed by atoms with Crippen LogP contribution < -0.4 is 0 Å². The standard InChI is InChI=1S/C9H5ClFNO2/c10-3-8(13)7-2-6(11)1-5(4-12)9(7)14/h1-2,14H,3H2. The Morgan fingerprint density at radius 1 is 1.64 bits per heavy atom. The third-order valence-electron chi connectivity index (χ3n) is 1.62. The van der Waals surface area contributed by atoms with Gasteiger partial charge in [-0.25, -0.2) is 4.39 Å². The van der Waals surface area contributed by atoms with Crippen molar-refractivity contribution >= 4 is 17.4 Å². The Bertz CT molecular complexity index is 426. The van der Waals surface area contributed by atoms with Gasteiger partial charge in [-0.2, -0.15) is 5.26 Å². The first-order chi connectivity index (χ1) is 6.60. The molecular weight excluding hydrogens is 209 g/mol. The number of carbonyl (C=O) groups excluding carboxylic acids is 1. The molecule has 1 N–H and O–H groups in total. The first-order valence-corrected chi connectivity index (χ1v) is 4.15. The lowest BCUT2D eigenvalue weighted by Crippen LogP contribution is -2.02. The van der Waals surface area contributed by atoms with Gasteiger partial charge in [-0.15, -0.1) is 11.6 Å². The largest absolute Gasteiger partial charge is 0.506 e. The fourth-order valence-electron chi connectivity index (χ4n) is 0.969. The Labute approximate surface area is 84.3 Å². The monoisotopic (exact) mass is 213 g/mol. The Balaban J connectivity index is 3.38. The molecule has 1 aromatic carbocycles. The number of hydrogen-bond donors (Lipinski definition) is 1. The van der Waals surface area contributed by atoms with Gasteiger partial charge in [0, 0.05) is 0 Å². The molecule has 0 fully saturated rings. The highest BCUT2D eigenvalue weighted by Crippen LogP contribution is 2.24. The minimum absolute atomic E-state index is 0.267.